The molecular weight excluding hydrogens is 268 g/mol. The normalized spacial score (nSPS) is 15.2. The summed E-state index contributed by atoms with van der Waals surface area (Å²) in [6.07, 6.45) is 4.73. The Bertz CT molecular complexity index is 633. The molecule has 0 atom stereocenters. The summed E-state index contributed by atoms with van der Waals surface area (Å²) in [6.45, 7) is -0.0431. The van der Waals surface area contributed by atoms with E-state index in [1.54, 1.807) is 6.20 Å². The highest BCUT2D eigenvalue weighted by molar-refractivity contribution is 5.97. The Morgan fingerprint density at radius 3 is 2.62 bits per heavy atom. The van der Waals surface area contributed by atoms with Crippen molar-refractivity contribution in [2.75, 3.05) is 11.9 Å². The van der Waals surface area contributed by atoms with E-state index in [4.69, 9.17) is 0 Å². The molecule has 2 aromatic rings. The van der Waals surface area contributed by atoms with Gasteiger partial charge in [0.05, 0.1) is 23.8 Å². The lowest BCUT2D eigenvalue weighted by atomic mass is 9.95. The molecule has 0 unspecified atom stereocenters. The molecule has 0 radical (unpaired) electrons. The molecule has 1 aliphatic rings. The number of amides is 2. The van der Waals surface area contributed by atoms with Crippen molar-refractivity contribution in [3.8, 4) is 0 Å². The van der Waals surface area contributed by atoms with Crippen molar-refractivity contribution < 1.29 is 9.59 Å². The highest BCUT2D eigenvalue weighted by Crippen LogP contribution is 2.48. The third-order valence-electron chi connectivity index (χ3n) is 3.70. The molecule has 108 valence electrons. The third kappa shape index (κ3) is 2.79. The molecule has 21 heavy (non-hydrogen) atoms. The summed E-state index contributed by atoms with van der Waals surface area (Å²) < 4.78 is 0. The second-order valence-corrected chi connectivity index (χ2v) is 5.17. The fourth-order valence-corrected chi connectivity index (χ4v) is 2.38. The quantitative estimate of drug-likeness (QED) is 0.771. The van der Waals surface area contributed by atoms with Crippen molar-refractivity contribution >= 4 is 17.5 Å². The zero-order valence-electron chi connectivity index (χ0n) is 11.4. The van der Waals surface area contributed by atoms with Crippen LogP contribution in [0, 0.1) is 0 Å². The molecule has 1 saturated carbocycles. The van der Waals surface area contributed by atoms with E-state index in [2.05, 4.69) is 20.8 Å². The highest BCUT2D eigenvalue weighted by atomic mass is 16.2. The SMILES string of the molecule is O=C(CNC(=O)C1(c2ccccc2)CC1)Nc1cn[nH]c1. The summed E-state index contributed by atoms with van der Waals surface area (Å²) in [5, 5.41) is 11.7. The highest BCUT2D eigenvalue weighted by Gasteiger charge is 2.51. The summed E-state index contributed by atoms with van der Waals surface area (Å²) >= 11 is 0. The van der Waals surface area contributed by atoms with Gasteiger partial charge in [-0.1, -0.05) is 30.3 Å². The van der Waals surface area contributed by atoms with Crippen molar-refractivity contribution in [1.29, 1.82) is 0 Å². The van der Waals surface area contributed by atoms with Crippen LogP contribution in [0.2, 0.25) is 0 Å². The number of aromatic amines is 1. The van der Waals surface area contributed by atoms with Gasteiger partial charge in [0.15, 0.2) is 0 Å². The van der Waals surface area contributed by atoms with Crippen molar-refractivity contribution in [2.45, 2.75) is 18.3 Å². The average molecular weight is 284 g/mol. The molecule has 3 N–H and O–H groups in total. The summed E-state index contributed by atoms with van der Waals surface area (Å²) in [5.41, 5.74) is 1.15. The van der Waals surface area contributed by atoms with Gasteiger partial charge in [-0.15, -0.1) is 0 Å². The van der Waals surface area contributed by atoms with Crippen LogP contribution < -0.4 is 10.6 Å². The maximum atomic E-state index is 12.3. The Hall–Kier alpha value is -2.63. The van der Waals surface area contributed by atoms with E-state index in [1.165, 1.54) is 6.20 Å². The van der Waals surface area contributed by atoms with Crippen LogP contribution in [0.4, 0.5) is 5.69 Å². The van der Waals surface area contributed by atoms with Gasteiger partial charge in [-0.25, -0.2) is 0 Å². The number of H-pyrrole nitrogens is 1. The summed E-state index contributed by atoms with van der Waals surface area (Å²) in [5.74, 6) is -0.357. The number of hydrogen-bond donors (Lipinski definition) is 3. The molecule has 6 nitrogen and oxygen atoms in total. The third-order valence-corrected chi connectivity index (χ3v) is 3.70. The van der Waals surface area contributed by atoms with Crippen LogP contribution in [-0.2, 0) is 15.0 Å². The van der Waals surface area contributed by atoms with Crippen molar-refractivity contribution in [3.05, 3.63) is 48.3 Å². The van der Waals surface area contributed by atoms with Crippen LogP contribution >= 0.6 is 0 Å². The number of nitrogens with one attached hydrogen (secondary N) is 3. The van der Waals surface area contributed by atoms with Crippen LogP contribution in [-0.4, -0.2) is 28.6 Å². The minimum Gasteiger partial charge on any atom is -0.346 e. The molecule has 1 aromatic heterocycles. The van der Waals surface area contributed by atoms with Gasteiger partial charge < -0.3 is 10.6 Å². The predicted octanol–water partition coefficient (Wildman–Crippen LogP) is 1.20. The molecule has 0 spiro atoms. The number of aromatic nitrogens is 2. The van der Waals surface area contributed by atoms with Gasteiger partial charge in [-0.3, -0.25) is 14.7 Å². The van der Waals surface area contributed by atoms with Crippen LogP contribution in [0.5, 0.6) is 0 Å². The van der Waals surface area contributed by atoms with E-state index < -0.39 is 5.41 Å². The molecule has 1 fully saturated rings. The fourth-order valence-electron chi connectivity index (χ4n) is 2.38. The predicted molar refractivity (Wildman–Crippen MR) is 77.6 cm³/mol. The second-order valence-electron chi connectivity index (χ2n) is 5.17. The van der Waals surface area contributed by atoms with Crippen LogP contribution in [0.3, 0.4) is 0 Å². The van der Waals surface area contributed by atoms with Crippen molar-refractivity contribution in [2.24, 2.45) is 0 Å². The van der Waals surface area contributed by atoms with E-state index in [0.717, 1.165) is 18.4 Å². The molecule has 1 aliphatic carbocycles. The molecule has 3 rings (SSSR count). The Labute approximate surface area is 121 Å². The monoisotopic (exact) mass is 284 g/mol. The van der Waals surface area contributed by atoms with E-state index in [9.17, 15) is 9.59 Å². The first kappa shape index (κ1) is 13.4. The minimum atomic E-state index is -0.447. The number of carbonyl (C=O) groups excluding carboxylic acids is 2. The summed E-state index contributed by atoms with van der Waals surface area (Å²) in [4.78, 5) is 24.1. The summed E-state index contributed by atoms with van der Waals surface area (Å²) in [7, 11) is 0. The molecular formula is C15H16N4O2. The Kier molecular flexibility index (Phi) is 3.43. The van der Waals surface area contributed by atoms with E-state index in [0.29, 0.717) is 5.69 Å². The largest absolute Gasteiger partial charge is 0.346 e. The smallest absolute Gasteiger partial charge is 0.243 e. The van der Waals surface area contributed by atoms with Crippen molar-refractivity contribution in [1.82, 2.24) is 15.5 Å². The number of nitrogens with zero attached hydrogens (tertiary/aromatic N) is 1. The lowest BCUT2D eigenvalue weighted by Gasteiger charge is -2.15. The van der Waals surface area contributed by atoms with Gasteiger partial charge in [0.1, 0.15) is 0 Å². The Balaban J connectivity index is 1.56. The fraction of sp³-hybridized carbons (Fsp3) is 0.267. The first-order valence-electron chi connectivity index (χ1n) is 6.83. The second kappa shape index (κ2) is 5.40. The number of carbonyl (C=O) groups is 2. The molecule has 2 amide bonds. The minimum absolute atomic E-state index is 0.0431. The zero-order chi connectivity index (χ0) is 14.7. The summed E-state index contributed by atoms with van der Waals surface area (Å²) in [6, 6.07) is 9.69. The van der Waals surface area contributed by atoms with Gasteiger partial charge in [0.2, 0.25) is 11.8 Å². The molecule has 0 aliphatic heterocycles. The molecule has 1 heterocycles. The zero-order valence-corrected chi connectivity index (χ0v) is 11.4. The number of anilines is 1. The number of hydrogen-bond acceptors (Lipinski definition) is 3. The topological polar surface area (TPSA) is 86.9 Å². The van der Waals surface area contributed by atoms with Crippen molar-refractivity contribution in [3.63, 3.8) is 0 Å². The van der Waals surface area contributed by atoms with Gasteiger partial charge in [0, 0.05) is 6.20 Å². The van der Waals surface area contributed by atoms with Gasteiger partial charge >= 0.3 is 0 Å². The standard InChI is InChI=1S/C15H16N4O2/c20-13(19-12-8-17-18-9-12)10-16-14(21)15(6-7-15)11-4-2-1-3-5-11/h1-5,8-9H,6-7,10H2,(H,16,21)(H,17,18)(H,19,20). The first-order valence-corrected chi connectivity index (χ1v) is 6.83. The van der Waals surface area contributed by atoms with Gasteiger partial charge in [-0.2, -0.15) is 5.10 Å². The Morgan fingerprint density at radius 2 is 2.00 bits per heavy atom. The first-order chi connectivity index (χ1) is 10.2. The van der Waals surface area contributed by atoms with E-state index >= 15 is 0 Å². The maximum absolute atomic E-state index is 12.3. The lowest BCUT2D eigenvalue weighted by molar-refractivity contribution is -0.126. The molecule has 0 bridgehead atoms. The van der Waals surface area contributed by atoms with Gasteiger partial charge in [0.25, 0.3) is 0 Å². The number of rotatable bonds is 5. The molecule has 6 heteroatoms. The number of benzene rings is 1. The lowest BCUT2D eigenvalue weighted by Crippen LogP contribution is -2.39. The van der Waals surface area contributed by atoms with E-state index in [-0.39, 0.29) is 18.4 Å². The maximum Gasteiger partial charge on any atom is 0.243 e. The van der Waals surface area contributed by atoms with Crippen LogP contribution in [0.1, 0.15) is 18.4 Å². The van der Waals surface area contributed by atoms with Gasteiger partial charge in [-0.05, 0) is 18.4 Å². The van der Waals surface area contributed by atoms with Crippen LogP contribution in [0.25, 0.3) is 0 Å². The molecule has 0 saturated heterocycles. The average Bonchev–Trinajstić information content (AvgIpc) is 3.18. The Morgan fingerprint density at radius 1 is 1.24 bits per heavy atom. The van der Waals surface area contributed by atoms with E-state index in [1.807, 2.05) is 30.3 Å². The molecule has 1 aromatic carbocycles. The van der Waals surface area contributed by atoms with Crippen LogP contribution in [0.15, 0.2) is 42.7 Å².